The van der Waals surface area contributed by atoms with Gasteiger partial charge in [0.15, 0.2) is 0 Å². The lowest BCUT2D eigenvalue weighted by molar-refractivity contribution is -0.132. The van der Waals surface area contributed by atoms with Crippen molar-refractivity contribution < 1.29 is 19.4 Å². The second kappa shape index (κ2) is 9.35. The molecule has 3 aromatic rings. The Bertz CT molecular complexity index is 1300. The predicted octanol–water partition coefficient (Wildman–Crippen LogP) is 5.46. The highest BCUT2D eigenvalue weighted by molar-refractivity contribution is 9.10. The maximum atomic E-state index is 13.3. The maximum absolute atomic E-state index is 13.3. The van der Waals surface area contributed by atoms with Crippen LogP contribution in [-0.4, -0.2) is 38.0 Å². The van der Waals surface area contributed by atoms with Crippen molar-refractivity contribution in [3.63, 3.8) is 0 Å². The third kappa shape index (κ3) is 4.07. The Hall–Kier alpha value is -3.58. The number of Topliss-reactive ketones (excluding diaryl/α,β-unsaturated/α-hetero) is 1. The van der Waals surface area contributed by atoms with Crippen LogP contribution in [0.25, 0.3) is 5.76 Å². The summed E-state index contributed by atoms with van der Waals surface area (Å²) in [6.45, 7) is 1.89. The van der Waals surface area contributed by atoms with Gasteiger partial charge >= 0.3 is 0 Å². The van der Waals surface area contributed by atoms with Gasteiger partial charge in [0, 0.05) is 31.0 Å². The van der Waals surface area contributed by atoms with Crippen LogP contribution in [0.3, 0.4) is 0 Å². The lowest BCUT2D eigenvalue weighted by Gasteiger charge is -2.27. The molecule has 1 heterocycles. The van der Waals surface area contributed by atoms with Crippen molar-refractivity contribution in [1.29, 1.82) is 0 Å². The number of aryl methyl sites for hydroxylation is 1. The van der Waals surface area contributed by atoms with Crippen LogP contribution in [0.2, 0.25) is 0 Å². The molecule has 1 saturated heterocycles. The second-order valence-electron chi connectivity index (χ2n) is 8.29. The van der Waals surface area contributed by atoms with E-state index < -0.39 is 17.7 Å². The summed E-state index contributed by atoms with van der Waals surface area (Å²) in [6.07, 6.45) is 0. The number of para-hydroxylation sites is 1. The zero-order valence-corrected chi connectivity index (χ0v) is 21.0. The monoisotopic (exact) mass is 520 g/mol. The molecule has 0 aliphatic carbocycles. The lowest BCUT2D eigenvalue weighted by Crippen LogP contribution is -2.30. The van der Waals surface area contributed by atoms with Gasteiger partial charge in [-0.2, -0.15) is 0 Å². The van der Waals surface area contributed by atoms with Crippen LogP contribution in [-0.2, 0) is 9.59 Å². The average molecular weight is 521 g/mol. The second-order valence-corrected chi connectivity index (χ2v) is 9.15. The van der Waals surface area contributed by atoms with Crippen LogP contribution in [0.1, 0.15) is 22.7 Å². The zero-order valence-electron chi connectivity index (χ0n) is 19.4. The predicted molar refractivity (Wildman–Crippen MR) is 137 cm³/mol. The van der Waals surface area contributed by atoms with E-state index in [0.29, 0.717) is 21.5 Å². The van der Waals surface area contributed by atoms with E-state index in [9.17, 15) is 14.7 Å². The molecule has 7 heteroatoms. The van der Waals surface area contributed by atoms with Gasteiger partial charge in [-0.1, -0.05) is 30.3 Å². The number of aliphatic hydroxyl groups is 1. The smallest absolute Gasteiger partial charge is 0.300 e. The molecule has 34 heavy (non-hydrogen) atoms. The number of carbonyl (C=O) groups excluding carboxylic acids is 2. The number of hydrogen-bond donors (Lipinski definition) is 1. The van der Waals surface area contributed by atoms with E-state index in [-0.39, 0.29) is 11.3 Å². The highest BCUT2D eigenvalue weighted by Gasteiger charge is 2.47. The number of hydrogen-bond acceptors (Lipinski definition) is 5. The maximum Gasteiger partial charge on any atom is 0.300 e. The summed E-state index contributed by atoms with van der Waals surface area (Å²) in [5.41, 5.74) is 3.64. The van der Waals surface area contributed by atoms with Crippen molar-refractivity contribution in [2.75, 3.05) is 31.0 Å². The fourth-order valence-electron chi connectivity index (χ4n) is 4.15. The van der Waals surface area contributed by atoms with E-state index in [4.69, 9.17) is 4.74 Å². The highest BCUT2D eigenvalue weighted by atomic mass is 79.9. The first-order valence-electron chi connectivity index (χ1n) is 10.7. The van der Waals surface area contributed by atoms with Gasteiger partial charge in [-0.3, -0.25) is 14.5 Å². The molecule has 1 amide bonds. The molecule has 0 spiro atoms. The molecule has 1 N–H and O–H groups in total. The molecule has 0 bridgehead atoms. The molecule has 0 radical (unpaired) electrons. The van der Waals surface area contributed by atoms with E-state index in [1.54, 1.807) is 25.3 Å². The third-order valence-electron chi connectivity index (χ3n) is 5.97. The van der Waals surface area contributed by atoms with Crippen molar-refractivity contribution in [2.45, 2.75) is 13.0 Å². The molecular weight excluding hydrogens is 496 g/mol. The lowest BCUT2D eigenvalue weighted by atomic mass is 9.94. The summed E-state index contributed by atoms with van der Waals surface area (Å²) in [4.78, 5) is 30.1. The van der Waals surface area contributed by atoms with E-state index in [1.807, 2.05) is 74.4 Å². The van der Waals surface area contributed by atoms with Crippen LogP contribution in [0.5, 0.6) is 5.75 Å². The van der Waals surface area contributed by atoms with Gasteiger partial charge in [0.05, 0.1) is 23.2 Å². The number of aliphatic hydroxyl groups excluding tert-OH is 1. The Kier molecular flexibility index (Phi) is 6.48. The Morgan fingerprint density at radius 1 is 1.03 bits per heavy atom. The quantitative estimate of drug-likeness (QED) is 0.275. The van der Waals surface area contributed by atoms with Crippen LogP contribution in [0, 0.1) is 6.92 Å². The zero-order chi connectivity index (χ0) is 24.6. The van der Waals surface area contributed by atoms with E-state index in [0.717, 1.165) is 16.8 Å². The number of nitrogens with zero attached hydrogens (tertiary/aromatic N) is 2. The molecule has 174 valence electrons. The summed E-state index contributed by atoms with van der Waals surface area (Å²) in [6, 6.07) is 19.3. The standard InChI is InChI=1S/C27H25BrN2O4/c1-16-7-5-6-8-21(16)30-24(17-9-12-19(13-10-17)29(2)3)23(26(32)27(30)33)25(31)18-11-14-22(34-4)20(28)15-18/h5-15,24,31H,1-4H3/b25-23-. The van der Waals surface area contributed by atoms with Crippen molar-refractivity contribution in [3.05, 3.63) is 93.5 Å². The topological polar surface area (TPSA) is 70.1 Å². The van der Waals surface area contributed by atoms with Crippen LogP contribution in [0.4, 0.5) is 11.4 Å². The van der Waals surface area contributed by atoms with Crippen LogP contribution < -0.4 is 14.5 Å². The first-order chi connectivity index (χ1) is 16.2. The number of halogens is 1. The molecule has 1 aliphatic rings. The van der Waals surface area contributed by atoms with Gasteiger partial charge < -0.3 is 14.7 Å². The minimum Gasteiger partial charge on any atom is -0.507 e. The highest BCUT2D eigenvalue weighted by Crippen LogP contribution is 2.43. The van der Waals surface area contributed by atoms with Gasteiger partial charge in [0.1, 0.15) is 11.5 Å². The molecule has 1 aliphatic heterocycles. The number of ether oxygens (including phenoxy) is 1. The molecule has 4 rings (SSSR count). The van der Waals surface area contributed by atoms with Gasteiger partial charge in [-0.05, 0) is 70.4 Å². The summed E-state index contributed by atoms with van der Waals surface area (Å²) in [5.74, 6) is -1.05. The number of rotatable bonds is 5. The summed E-state index contributed by atoms with van der Waals surface area (Å²) in [5, 5.41) is 11.3. The number of carbonyl (C=O) groups is 2. The Morgan fingerprint density at radius 3 is 2.29 bits per heavy atom. The largest absolute Gasteiger partial charge is 0.507 e. The van der Waals surface area contributed by atoms with Gasteiger partial charge in [0.2, 0.25) is 0 Å². The average Bonchev–Trinajstić information content (AvgIpc) is 3.09. The van der Waals surface area contributed by atoms with Gasteiger partial charge in [-0.25, -0.2) is 0 Å². The Balaban J connectivity index is 1.94. The normalized spacial score (nSPS) is 17.2. The van der Waals surface area contributed by atoms with Gasteiger partial charge in [0.25, 0.3) is 11.7 Å². The first-order valence-corrected chi connectivity index (χ1v) is 11.5. The van der Waals surface area contributed by atoms with E-state index >= 15 is 0 Å². The first kappa shape index (κ1) is 23.6. The fourth-order valence-corrected chi connectivity index (χ4v) is 4.69. The molecule has 1 fully saturated rings. The minimum absolute atomic E-state index is 0.0444. The Labute approximate surface area is 207 Å². The summed E-state index contributed by atoms with van der Waals surface area (Å²) >= 11 is 3.43. The molecule has 6 nitrogen and oxygen atoms in total. The number of ketones is 1. The van der Waals surface area contributed by atoms with Crippen molar-refractivity contribution in [2.24, 2.45) is 0 Å². The van der Waals surface area contributed by atoms with E-state index in [1.165, 1.54) is 4.90 Å². The fraction of sp³-hybridized carbons (Fsp3) is 0.185. The van der Waals surface area contributed by atoms with Crippen molar-refractivity contribution in [1.82, 2.24) is 0 Å². The molecule has 0 aromatic heterocycles. The van der Waals surface area contributed by atoms with Crippen LogP contribution >= 0.6 is 15.9 Å². The Morgan fingerprint density at radius 2 is 1.71 bits per heavy atom. The summed E-state index contributed by atoms with van der Waals surface area (Å²) in [7, 11) is 5.43. The third-order valence-corrected chi connectivity index (χ3v) is 6.59. The van der Waals surface area contributed by atoms with E-state index in [2.05, 4.69) is 15.9 Å². The number of anilines is 2. The molecule has 0 saturated carbocycles. The molecule has 1 unspecified atom stereocenters. The number of amides is 1. The SMILES string of the molecule is COc1ccc(/C(O)=C2/C(=O)C(=O)N(c3ccccc3C)C2c2ccc(N(C)C)cc2)cc1Br. The summed E-state index contributed by atoms with van der Waals surface area (Å²) < 4.78 is 5.90. The van der Waals surface area contributed by atoms with Crippen LogP contribution in [0.15, 0.2) is 76.8 Å². The van der Waals surface area contributed by atoms with Gasteiger partial charge in [-0.15, -0.1) is 0 Å². The number of methoxy groups -OCH3 is 1. The van der Waals surface area contributed by atoms with Crippen molar-refractivity contribution in [3.8, 4) is 5.75 Å². The molecule has 1 atom stereocenters. The minimum atomic E-state index is -0.779. The number of benzene rings is 3. The molecule has 3 aromatic carbocycles. The van der Waals surface area contributed by atoms with Crippen molar-refractivity contribution >= 4 is 44.8 Å². The molecular formula is C27H25BrN2O4.